The van der Waals surface area contributed by atoms with Gasteiger partial charge in [-0.15, -0.1) is 0 Å². The molecule has 33 heavy (non-hydrogen) atoms. The first-order valence-corrected chi connectivity index (χ1v) is 10.3. The highest BCUT2D eigenvalue weighted by Gasteiger charge is 2.14. The molecule has 4 rings (SSSR count). The number of carbonyl (C=O) groups excluding carboxylic acids is 1. The number of benzene rings is 3. The fourth-order valence-corrected chi connectivity index (χ4v) is 3.41. The quantitative estimate of drug-likeness (QED) is 0.126. The third-order valence-electron chi connectivity index (χ3n) is 5.09. The molecule has 0 aliphatic rings. The molecular weight excluding hydrogens is 418 g/mol. The standard InChI is InChI=1S/C25H23N5O3/c26-23(27)18-5-4-17-14-21(10-6-16(17)13-18)33-24(31)22-12-11-20(32-22)9-3-15-1-7-19(8-2-15)30-25(28)29/h1-2,4-8,10-14H,3,9H2,(H3,26,27)(H4,28,29,30). The van der Waals surface area contributed by atoms with Gasteiger partial charge >= 0.3 is 5.97 Å². The monoisotopic (exact) mass is 441 g/mol. The first kappa shape index (κ1) is 21.6. The van der Waals surface area contributed by atoms with Gasteiger partial charge in [0.15, 0.2) is 5.96 Å². The number of furan rings is 1. The first-order chi connectivity index (χ1) is 15.9. The van der Waals surface area contributed by atoms with Gasteiger partial charge in [-0.25, -0.2) is 4.79 Å². The van der Waals surface area contributed by atoms with Gasteiger partial charge < -0.3 is 25.9 Å². The molecule has 1 heterocycles. The van der Waals surface area contributed by atoms with Crippen molar-refractivity contribution in [1.82, 2.24) is 0 Å². The molecule has 8 heteroatoms. The van der Waals surface area contributed by atoms with Crippen LogP contribution in [0.5, 0.6) is 5.75 Å². The summed E-state index contributed by atoms with van der Waals surface area (Å²) in [6, 6.07) is 21.6. The van der Waals surface area contributed by atoms with Crippen molar-refractivity contribution in [3.05, 3.63) is 95.4 Å². The molecule has 0 fully saturated rings. The Kier molecular flexibility index (Phi) is 6.08. The number of hydrogen-bond acceptors (Lipinski definition) is 5. The van der Waals surface area contributed by atoms with Crippen LogP contribution in [0.4, 0.5) is 5.69 Å². The Morgan fingerprint density at radius 1 is 0.879 bits per heavy atom. The lowest BCUT2D eigenvalue weighted by molar-refractivity contribution is 0.0699. The van der Waals surface area contributed by atoms with Gasteiger partial charge in [0.05, 0.1) is 0 Å². The Balaban J connectivity index is 1.37. The molecule has 0 saturated carbocycles. The van der Waals surface area contributed by atoms with Crippen molar-refractivity contribution in [3.63, 3.8) is 0 Å². The van der Waals surface area contributed by atoms with Crippen molar-refractivity contribution in [2.75, 3.05) is 5.32 Å². The summed E-state index contributed by atoms with van der Waals surface area (Å²) in [7, 11) is 0. The molecule has 0 aliphatic heterocycles. The molecule has 1 aromatic heterocycles. The number of ether oxygens (including phenoxy) is 1. The number of nitrogen functional groups attached to an aromatic ring is 1. The Hall–Kier alpha value is -4.59. The van der Waals surface area contributed by atoms with E-state index in [1.807, 2.05) is 42.5 Å². The van der Waals surface area contributed by atoms with E-state index in [0.717, 1.165) is 28.4 Å². The van der Waals surface area contributed by atoms with Crippen LogP contribution < -0.4 is 21.5 Å². The van der Waals surface area contributed by atoms with Gasteiger partial charge in [0.1, 0.15) is 17.3 Å². The molecule has 0 unspecified atom stereocenters. The van der Waals surface area contributed by atoms with Crippen LogP contribution in [0.25, 0.3) is 10.8 Å². The molecule has 7 N–H and O–H groups in total. The minimum Gasteiger partial charge on any atom is -0.454 e. The third-order valence-corrected chi connectivity index (χ3v) is 5.09. The van der Waals surface area contributed by atoms with Gasteiger partial charge in [0, 0.05) is 17.7 Å². The highest BCUT2D eigenvalue weighted by Crippen LogP contribution is 2.23. The van der Waals surface area contributed by atoms with Crippen molar-refractivity contribution < 1.29 is 13.9 Å². The zero-order valence-electron chi connectivity index (χ0n) is 17.7. The number of anilines is 1. The maximum absolute atomic E-state index is 12.5. The Bertz CT molecular complexity index is 1340. The number of fused-ring (bicyclic) bond motifs is 1. The van der Waals surface area contributed by atoms with E-state index < -0.39 is 5.97 Å². The second kappa shape index (κ2) is 9.27. The summed E-state index contributed by atoms with van der Waals surface area (Å²) in [4.78, 5) is 12.5. The van der Waals surface area contributed by atoms with Crippen LogP contribution in [-0.2, 0) is 12.8 Å². The van der Waals surface area contributed by atoms with E-state index in [4.69, 9.17) is 31.4 Å². The zero-order chi connectivity index (χ0) is 23.4. The predicted molar refractivity (Wildman–Crippen MR) is 128 cm³/mol. The summed E-state index contributed by atoms with van der Waals surface area (Å²) >= 11 is 0. The van der Waals surface area contributed by atoms with Gasteiger partial charge in [-0.1, -0.05) is 30.3 Å². The van der Waals surface area contributed by atoms with E-state index in [1.54, 1.807) is 30.3 Å². The van der Waals surface area contributed by atoms with Gasteiger partial charge in [-0.05, 0) is 65.2 Å². The molecule has 0 saturated heterocycles. The van der Waals surface area contributed by atoms with Gasteiger partial charge in [-0.3, -0.25) is 10.8 Å². The average molecular weight is 441 g/mol. The minimum atomic E-state index is -0.569. The number of nitrogens with two attached hydrogens (primary N) is 2. The van der Waals surface area contributed by atoms with Crippen molar-refractivity contribution in [2.45, 2.75) is 12.8 Å². The number of amidine groups is 1. The summed E-state index contributed by atoms with van der Waals surface area (Å²) in [6.45, 7) is 0. The molecule has 8 nitrogen and oxygen atoms in total. The Labute approximate surface area is 190 Å². The molecule has 0 amide bonds. The van der Waals surface area contributed by atoms with Crippen molar-refractivity contribution in [2.24, 2.45) is 11.5 Å². The van der Waals surface area contributed by atoms with Gasteiger partial charge in [0.2, 0.25) is 5.76 Å². The highest BCUT2D eigenvalue weighted by atomic mass is 16.5. The van der Waals surface area contributed by atoms with E-state index >= 15 is 0 Å². The maximum Gasteiger partial charge on any atom is 0.379 e. The largest absolute Gasteiger partial charge is 0.454 e. The van der Waals surface area contributed by atoms with E-state index in [-0.39, 0.29) is 17.6 Å². The molecule has 0 atom stereocenters. The summed E-state index contributed by atoms with van der Waals surface area (Å²) in [5, 5.41) is 19.3. The molecule has 0 radical (unpaired) electrons. The predicted octanol–water partition coefficient (Wildman–Crippen LogP) is 4.03. The zero-order valence-corrected chi connectivity index (χ0v) is 17.7. The lowest BCUT2D eigenvalue weighted by Crippen LogP contribution is -2.20. The third kappa shape index (κ3) is 5.37. The van der Waals surface area contributed by atoms with Gasteiger partial charge in [-0.2, -0.15) is 0 Å². The maximum atomic E-state index is 12.5. The van der Waals surface area contributed by atoms with Crippen LogP contribution >= 0.6 is 0 Å². The second-order valence-electron chi connectivity index (χ2n) is 7.53. The fraction of sp³-hybridized carbons (Fsp3) is 0.0800. The number of nitrogens with one attached hydrogen (secondary N) is 3. The number of hydrogen-bond donors (Lipinski definition) is 5. The van der Waals surface area contributed by atoms with Crippen molar-refractivity contribution in [3.8, 4) is 5.75 Å². The Morgan fingerprint density at radius 2 is 1.61 bits per heavy atom. The van der Waals surface area contributed by atoms with Crippen LogP contribution in [0.15, 0.2) is 77.2 Å². The second-order valence-corrected chi connectivity index (χ2v) is 7.53. The van der Waals surface area contributed by atoms with Gasteiger partial charge in [0.25, 0.3) is 0 Å². The molecule has 0 spiro atoms. The first-order valence-electron chi connectivity index (χ1n) is 10.3. The normalized spacial score (nSPS) is 10.7. The summed E-state index contributed by atoms with van der Waals surface area (Å²) in [6.07, 6.45) is 1.36. The molecule has 0 aliphatic carbocycles. The van der Waals surface area contributed by atoms with Crippen LogP contribution in [0.3, 0.4) is 0 Å². The molecule has 3 aromatic carbocycles. The van der Waals surface area contributed by atoms with E-state index in [1.165, 1.54) is 0 Å². The summed E-state index contributed by atoms with van der Waals surface area (Å²) in [5.74, 6) is 0.550. The number of rotatable bonds is 7. The van der Waals surface area contributed by atoms with Crippen molar-refractivity contribution >= 4 is 34.2 Å². The molecular formula is C25H23N5O3. The van der Waals surface area contributed by atoms with Crippen LogP contribution in [0, 0.1) is 10.8 Å². The van der Waals surface area contributed by atoms with Crippen molar-refractivity contribution in [1.29, 1.82) is 10.8 Å². The number of esters is 1. The Morgan fingerprint density at radius 3 is 2.33 bits per heavy atom. The SMILES string of the molecule is N=C(N)Nc1ccc(CCc2ccc(C(=O)Oc3ccc4cc(C(=N)N)ccc4c3)o2)cc1. The topological polar surface area (TPSA) is 151 Å². The number of carbonyl (C=O) groups is 1. The van der Waals surface area contributed by atoms with Crippen LogP contribution in [-0.4, -0.2) is 17.8 Å². The van der Waals surface area contributed by atoms with Crippen LogP contribution in [0.2, 0.25) is 0 Å². The molecule has 0 bridgehead atoms. The minimum absolute atomic E-state index is 0.00281. The number of aryl methyl sites for hydroxylation is 2. The molecule has 4 aromatic rings. The number of guanidine groups is 1. The molecule has 166 valence electrons. The van der Waals surface area contributed by atoms with Crippen LogP contribution in [0.1, 0.15) is 27.4 Å². The summed E-state index contributed by atoms with van der Waals surface area (Å²) < 4.78 is 11.1. The smallest absolute Gasteiger partial charge is 0.379 e. The fourth-order valence-electron chi connectivity index (χ4n) is 3.41. The van der Waals surface area contributed by atoms with E-state index in [2.05, 4.69) is 5.32 Å². The lowest BCUT2D eigenvalue weighted by atomic mass is 10.1. The van der Waals surface area contributed by atoms with E-state index in [9.17, 15) is 4.79 Å². The average Bonchev–Trinajstić information content (AvgIpc) is 3.27. The summed E-state index contributed by atoms with van der Waals surface area (Å²) in [5.41, 5.74) is 13.3. The van der Waals surface area contributed by atoms with E-state index in [0.29, 0.717) is 23.5 Å². The highest BCUT2D eigenvalue weighted by molar-refractivity contribution is 5.99. The lowest BCUT2D eigenvalue weighted by Gasteiger charge is -2.06.